The average Bonchev–Trinajstić information content (AvgIpc) is 3.15. The standard InChI is InChI=1S/C21H20BrN3O2/c22-15-5-8-17-18(11-15)19(21(27)24-20(17)26)12-23-16-6-3-14(4-7-16)13-25-9-1-2-10-25/h3-8,11-12,23H,1-2,9-10,13H2,(H,24,26,27)/b19-12+. The van der Waals surface area contributed by atoms with Gasteiger partial charge >= 0.3 is 0 Å². The van der Waals surface area contributed by atoms with Gasteiger partial charge in [-0.05, 0) is 61.8 Å². The van der Waals surface area contributed by atoms with Gasteiger partial charge in [0.1, 0.15) is 0 Å². The van der Waals surface area contributed by atoms with Crippen LogP contribution in [0.5, 0.6) is 0 Å². The first kappa shape index (κ1) is 17.9. The molecular formula is C21H20BrN3O2. The Morgan fingerprint density at radius 3 is 2.48 bits per heavy atom. The molecule has 2 amide bonds. The highest BCUT2D eigenvalue weighted by atomic mass is 79.9. The second kappa shape index (κ2) is 7.66. The van der Waals surface area contributed by atoms with Crippen molar-refractivity contribution < 1.29 is 9.59 Å². The Hall–Kier alpha value is -2.44. The molecule has 0 saturated carbocycles. The maximum atomic E-state index is 12.3. The summed E-state index contributed by atoms with van der Waals surface area (Å²) in [6.45, 7) is 3.33. The van der Waals surface area contributed by atoms with E-state index in [9.17, 15) is 9.59 Å². The van der Waals surface area contributed by atoms with Gasteiger partial charge in [-0.15, -0.1) is 0 Å². The number of fused-ring (bicyclic) bond motifs is 1. The molecule has 1 saturated heterocycles. The van der Waals surface area contributed by atoms with Crippen molar-refractivity contribution in [2.45, 2.75) is 19.4 Å². The van der Waals surface area contributed by atoms with Crippen LogP contribution in [0.2, 0.25) is 0 Å². The quantitative estimate of drug-likeness (QED) is 0.577. The first-order valence-corrected chi connectivity index (χ1v) is 9.83. The second-order valence-corrected chi connectivity index (χ2v) is 7.77. The first-order chi connectivity index (χ1) is 13.1. The molecule has 4 rings (SSSR count). The summed E-state index contributed by atoms with van der Waals surface area (Å²) in [5.41, 5.74) is 3.73. The van der Waals surface area contributed by atoms with Gasteiger partial charge in [-0.25, -0.2) is 0 Å². The highest BCUT2D eigenvalue weighted by Gasteiger charge is 2.27. The predicted molar refractivity (Wildman–Crippen MR) is 109 cm³/mol. The Morgan fingerprint density at radius 2 is 1.74 bits per heavy atom. The van der Waals surface area contributed by atoms with Crippen LogP contribution in [-0.4, -0.2) is 29.8 Å². The lowest BCUT2D eigenvalue weighted by Gasteiger charge is -2.19. The van der Waals surface area contributed by atoms with Crippen LogP contribution in [0.15, 0.2) is 53.1 Å². The van der Waals surface area contributed by atoms with Gasteiger partial charge in [-0.2, -0.15) is 0 Å². The Morgan fingerprint density at radius 1 is 1.00 bits per heavy atom. The van der Waals surface area contributed by atoms with E-state index in [1.807, 2.05) is 12.1 Å². The zero-order valence-corrected chi connectivity index (χ0v) is 16.4. The minimum absolute atomic E-state index is 0.370. The van der Waals surface area contributed by atoms with Crippen molar-refractivity contribution in [1.29, 1.82) is 0 Å². The number of imide groups is 1. The Labute approximate surface area is 166 Å². The van der Waals surface area contributed by atoms with Gasteiger partial charge in [0.25, 0.3) is 11.8 Å². The van der Waals surface area contributed by atoms with Gasteiger partial charge in [0.2, 0.25) is 0 Å². The Bertz CT molecular complexity index is 916. The molecule has 6 heteroatoms. The average molecular weight is 426 g/mol. The van der Waals surface area contributed by atoms with Crippen LogP contribution < -0.4 is 10.6 Å². The summed E-state index contributed by atoms with van der Waals surface area (Å²) >= 11 is 3.40. The van der Waals surface area contributed by atoms with Crippen molar-refractivity contribution in [3.8, 4) is 0 Å². The number of amides is 2. The van der Waals surface area contributed by atoms with Crippen LogP contribution in [0, 0.1) is 0 Å². The zero-order valence-electron chi connectivity index (χ0n) is 14.8. The molecule has 0 aliphatic carbocycles. The number of hydrogen-bond donors (Lipinski definition) is 2. The van der Waals surface area contributed by atoms with Gasteiger partial charge in [0, 0.05) is 34.0 Å². The maximum Gasteiger partial charge on any atom is 0.260 e. The monoisotopic (exact) mass is 425 g/mol. The van der Waals surface area contributed by atoms with E-state index in [2.05, 4.69) is 43.6 Å². The van der Waals surface area contributed by atoms with Crippen molar-refractivity contribution in [3.05, 3.63) is 69.8 Å². The summed E-state index contributed by atoms with van der Waals surface area (Å²) in [5, 5.41) is 5.56. The number of anilines is 1. The fourth-order valence-electron chi connectivity index (χ4n) is 3.50. The van der Waals surface area contributed by atoms with Gasteiger partial charge in [-0.3, -0.25) is 19.8 Å². The van der Waals surface area contributed by atoms with E-state index < -0.39 is 5.91 Å². The Kier molecular flexibility index (Phi) is 5.09. The number of carbonyl (C=O) groups is 2. The lowest BCUT2D eigenvalue weighted by Crippen LogP contribution is -2.36. The van der Waals surface area contributed by atoms with Crippen molar-refractivity contribution in [2.75, 3.05) is 18.4 Å². The SMILES string of the molecule is O=C1NC(=O)c2ccc(Br)cc2/C1=C\Nc1ccc(CN2CCCC2)cc1. The molecule has 0 radical (unpaired) electrons. The molecule has 5 nitrogen and oxygen atoms in total. The third-order valence-electron chi connectivity index (χ3n) is 4.93. The number of likely N-dealkylation sites (tertiary alicyclic amines) is 1. The number of nitrogens with zero attached hydrogens (tertiary/aromatic N) is 1. The molecule has 1 fully saturated rings. The lowest BCUT2D eigenvalue weighted by molar-refractivity contribution is -0.114. The van der Waals surface area contributed by atoms with Crippen molar-refractivity contribution >= 4 is 39.0 Å². The topological polar surface area (TPSA) is 61.4 Å². The zero-order chi connectivity index (χ0) is 18.8. The summed E-state index contributed by atoms with van der Waals surface area (Å²) in [7, 11) is 0. The summed E-state index contributed by atoms with van der Waals surface area (Å²) in [5.74, 6) is -0.769. The second-order valence-electron chi connectivity index (χ2n) is 6.86. The van der Waals surface area contributed by atoms with Crippen LogP contribution in [0.3, 0.4) is 0 Å². The molecule has 0 aromatic heterocycles. The predicted octanol–water partition coefficient (Wildman–Crippen LogP) is 3.77. The highest BCUT2D eigenvalue weighted by molar-refractivity contribution is 9.10. The number of nitrogens with one attached hydrogen (secondary N) is 2. The molecule has 2 heterocycles. The van der Waals surface area contributed by atoms with Crippen LogP contribution in [0.1, 0.15) is 34.3 Å². The molecule has 2 aliphatic rings. The van der Waals surface area contributed by atoms with Crippen LogP contribution in [-0.2, 0) is 11.3 Å². The minimum atomic E-state index is -0.399. The molecule has 2 aromatic rings. The van der Waals surface area contributed by atoms with Crippen LogP contribution in [0.4, 0.5) is 5.69 Å². The smallest absolute Gasteiger partial charge is 0.260 e. The van der Waals surface area contributed by atoms with Crippen molar-refractivity contribution in [3.63, 3.8) is 0 Å². The van der Waals surface area contributed by atoms with E-state index in [-0.39, 0.29) is 5.91 Å². The van der Waals surface area contributed by atoms with E-state index in [4.69, 9.17) is 0 Å². The van der Waals surface area contributed by atoms with Crippen molar-refractivity contribution in [2.24, 2.45) is 0 Å². The maximum absolute atomic E-state index is 12.3. The van der Waals surface area contributed by atoms with E-state index in [0.29, 0.717) is 16.7 Å². The minimum Gasteiger partial charge on any atom is -0.361 e. The number of hydrogen-bond acceptors (Lipinski definition) is 4. The van der Waals surface area contributed by atoms with E-state index >= 15 is 0 Å². The molecule has 138 valence electrons. The van der Waals surface area contributed by atoms with Gasteiger partial charge in [0.15, 0.2) is 0 Å². The third-order valence-corrected chi connectivity index (χ3v) is 5.42. The highest BCUT2D eigenvalue weighted by Crippen LogP contribution is 2.27. The molecular weight excluding hydrogens is 406 g/mol. The van der Waals surface area contributed by atoms with Crippen LogP contribution in [0.25, 0.3) is 5.57 Å². The molecule has 0 atom stereocenters. The third kappa shape index (κ3) is 3.96. The molecule has 2 aromatic carbocycles. The van der Waals surface area contributed by atoms with E-state index in [1.54, 1.807) is 24.4 Å². The number of rotatable bonds is 4. The summed E-state index contributed by atoms with van der Waals surface area (Å²) in [4.78, 5) is 26.8. The summed E-state index contributed by atoms with van der Waals surface area (Å²) < 4.78 is 0.820. The molecule has 27 heavy (non-hydrogen) atoms. The van der Waals surface area contributed by atoms with E-state index in [0.717, 1.165) is 16.7 Å². The van der Waals surface area contributed by atoms with E-state index in [1.165, 1.54) is 31.5 Å². The molecule has 2 aliphatic heterocycles. The van der Waals surface area contributed by atoms with Crippen molar-refractivity contribution in [1.82, 2.24) is 10.2 Å². The number of benzene rings is 2. The molecule has 0 unspecified atom stereocenters. The number of carbonyl (C=O) groups excluding carboxylic acids is 2. The normalized spacial score (nSPS) is 18.5. The summed E-state index contributed by atoms with van der Waals surface area (Å²) in [6, 6.07) is 13.5. The Balaban J connectivity index is 1.52. The molecule has 0 spiro atoms. The number of halogens is 1. The fraction of sp³-hybridized carbons (Fsp3) is 0.238. The largest absolute Gasteiger partial charge is 0.361 e. The molecule has 0 bridgehead atoms. The lowest BCUT2D eigenvalue weighted by atomic mass is 9.95. The van der Waals surface area contributed by atoms with Gasteiger partial charge in [0.05, 0.1) is 5.57 Å². The van der Waals surface area contributed by atoms with Gasteiger partial charge < -0.3 is 5.32 Å². The van der Waals surface area contributed by atoms with Gasteiger partial charge in [-0.1, -0.05) is 28.1 Å². The molecule has 2 N–H and O–H groups in total. The van der Waals surface area contributed by atoms with Crippen LogP contribution >= 0.6 is 15.9 Å². The first-order valence-electron chi connectivity index (χ1n) is 9.04. The summed E-state index contributed by atoms with van der Waals surface area (Å²) in [6.07, 6.45) is 4.23. The fourth-order valence-corrected chi connectivity index (χ4v) is 3.86.